The first-order valence-corrected chi connectivity index (χ1v) is 7.47. The molecule has 1 aliphatic heterocycles. The van der Waals surface area contributed by atoms with Gasteiger partial charge in [0.1, 0.15) is 24.0 Å². The van der Waals surface area contributed by atoms with Crippen molar-refractivity contribution in [2.24, 2.45) is 0 Å². The fourth-order valence-corrected chi connectivity index (χ4v) is 2.17. The van der Waals surface area contributed by atoms with Crippen molar-refractivity contribution in [3.05, 3.63) is 24.0 Å². The minimum Gasteiger partial charge on any atom is -0.489 e. The third-order valence-electron chi connectivity index (χ3n) is 3.36. The number of aromatic nitrogens is 1. The van der Waals surface area contributed by atoms with Gasteiger partial charge in [-0.1, -0.05) is 0 Å². The molecule has 9 heteroatoms. The Hall–Kier alpha value is -1.87. The molecule has 0 radical (unpaired) electrons. The average Bonchev–Trinajstić information content (AvgIpc) is 2.53. The van der Waals surface area contributed by atoms with Gasteiger partial charge in [-0.2, -0.15) is 13.2 Å². The lowest BCUT2D eigenvalue weighted by atomic mass is 10.1. The summed E-state index contributed by atoms with van der Waals surface area (Å²) in [5.74, 6) is -0.707. The second-order valence-corrected chi connectivity index (χ2v) is 6.09. The summed E-state index contributed by atoms with van der Waals surface area (Å²) in [6, 6.07) is 0.850. The number of amides is 1. The number of rotatable bonds is 5. The number of hydrogen-bond acceptors (Lipinski definition) is 5. The van der Waals surface area contributed by atoms with E-state index in [4.69, 9.17) is 9.47 Å². The van der Waals surface area contributed by atoms with Crippen LogP contribution in [0, 0.1) is 0 Å². The van der Waals surface area contributed by atoms with E-state index in [0.717, 1.165) is 18.5 Å². The molecule has 2 N–H and O–H groups in total. The molecule has 0 saturated carbocycles. The minimum atomic E-state index is -4.53. The van der Waals surface area contributed by atoms with E-state index in [0.29, 0.717) is 19.7 Å². The quantitative estimate of drug-likeness (QED) is 0.842. The van der Waals surface area contributed by atoms with E-state index >= 15 is 0 Å². The zero-order valence-corrected chi connectivity index (χ0v) is 13.4. The molecule has 2 heterocycles. The van der Waals surface area contributed by atoms with E-state index in [-0.39, 0.29) is 18.3 Å². The van der Waals surface area contributed by atoms with Gasteiger partial charge >= 0.3 is 6.18 Å². The van der Waals surface area contributed by atoms with Crippen molar-refractivity contribution >= 4 is 5.91 Å². The van der Waals surface area contributed by atoms with Crippen LogP contribution in [0.5, 0.6) is 5.75 Å². The van der Waals surface area contributed by atoms with Crippen LogP contribution in [-0.2, 0) is 15.7 Å². The second-order valence-electron chi connectivity index (χ2n) is 6.09. The van der Waals surface area contributed by atoms with Crippen LogP contribution in [0.4, 0.5) is 13.2 Å². The predicted molar refractivity (Wildman–Crippen MR) is 79.6 cm³/mol. The summed E-state index contributed by atoms with van der Waals surface area (Å²) >= 11 is 0. The molecule has 0 bridgehead atoms. The van der Waals surface area contributed by atoms with Crippen molar-refractivity contribution in [1.29, 1.82) is 0 Å². The molecule has 0 spiro atoms. The van der Waals surface area contributed by atoms with Crippen molar-refractivity contribution in [3.63, 3.8) is 0 Å². The average molecular weight is 347 g/mol. The summed E-state index contributed by atoms with van der Waals surface area (Å²) < 4.78 is 49.4. The van der Waals surface area contributed by atoms with Crippen LogP contribution >= 0.6 is 0 Å². The van der Waals surface area contributed by atoms with Crippen molar-refractivity contribution < 1.29 is 27.4 Å². The standard InChI is InChI=1S/C15H20F3N3O3/c1-14(2,21-13(22)12-8-20-5-6-23-12)9-24-11-7-19-4-3-10(11)15(16,17)18/h3-4,7,12,20H,5-6,8-9H2,1-2H3,(H,21,22)/t12-/m0/s1. The fourth-order valence-electron chi connectivity index (χ4n) is 2.17. The summed E-state index contributed by atoms with van der Waals surface area (Å²) in [5, 5.41) is 5.76. The van der Waals surface area contributed by atoms with Crippen LogP contribution in [0.15, 0.2) is 18.5 Å². The van der Waals surface area contributed by atoms with Crippen molar-refractivity contribution in [1.82, 2.24) is 15.6 Å². The Morgan fingerprint density at radius 1 is 1.50 bits per heavy atom. The van der Waals surface area contributed by atoms with E-state index in [9.17, 15) is 18.0 Å². The van der Waals surface area contributed by atoms with Crippen LogP contribution < -0.4 is 15.4 Å². The SMILES string of the molecule is CC(C)(COc1cnccc1C(F)(F)F)NC(=O)[C@@H]1CNCCO1. The molecule has 6 nitrogen and oxygen atoms in total. The van der Waals surface area contributed by atoms with Crippen molar-refractivity contribution in [2.45, 2.75) is 31.7 Å². The molecular weight excluding hydrogens is 327 g/mol. The molecule has 1 saturated heterocycles. The highest BCUT2D eigenvalue weighted by Gasteiger charge is 2.35. The summed E-state index contributed by atoms with van der Waals surface area (Å²) in [4.78, 5) is 15.8. The Labute approximate surface area is 137 Å². The van der Waals surface area contributed by atoms with Crippen molar-refractivity contribution in [3.8, 4) is 5.75 Å². The molecule has 24 heavy (non-hydrogen) atoms. The Kier molecular flexibility index (Phi) is 5.66. The molecule has 1 atom stereocenters. The van der Waals surface area contributed by atoms with Gasteiger partial charge in [-0.05, 0) is 19.9 Å². The van der Waals surface area contributed by atoms with Crippen LogP contribution in [-0.4, -0.2) is 48.8 Å². The van der Waals surface area contributed by atoms with E-state index in [1.54, 1.807) is 13.8 Å². The highest BCUT2D eigenvalue weighted by Crippen LogP contribution is 2.35. The van der Waals surface area contributed by atoms with Crippen LogP contribution in [0.1, 0.15) is 19.4 Å². The highest BCUT2D eigenvalue weighted by molar-refractivity contribution is 5.81. The van der Waals surface area contributed by atoms with Gasteiger partial charge in [0.05, 0.1) is 18.3 Å². The van der Waals surface area contributed by atoms with E-state index in [2.05, 4.69) is 15.6 Å². The monoisotopic (exact) mass is 347 g/mol. The first kappa shape index (κ1) is 18.5. The molecule has 1 fully saturated rings. The third kappa shape index (κ3) is 5.07. The number of carbonyl (C=O) groups is 1. The lowest BCUT2D eigenvalue weighted by Crippen LogP contribution is -2.55. The molecule has 1 amide bonds. The molecular formula is C15H20F3N3O3. The maximum atomic E-state index is 12.9. The summed E-state index contributed by atoms with van der Waals surface area (Å²) in [6.07, 6.45) is -3.10. The van der Waals surface area contributed by atoms with Crippen LogP contribution in [0.2, 0.25) is 0 Å². The Balaban J connectivity index is 1.96. The second kappa shape index (κ2) is 7.35. The lowest BCUT2D eigenvalue weighted by Gasteiger charge is -2.30. The van der Waals surface area contributed by atoms with Gasteiger partial charge in [0.15, 0.2) is 0 Å². The number of hydrogen-bond donors (Lipinski definition) is 2. The molecule has 2 rings (SSSR count). The third-order valence-corrected chi connectivity index (χ3v) is 3.36. The molecule has 0 aromatic carbocycles. The number of ether oxygens (including phenoxy) is 2. The van der Waals surface area contributed by atoms with Gasteiger partial charge in [-0.3, -0.25) is 9.78 Å². The number of pyridine rings is 1. The normalized spacial score (nSPS) is 19.0. The summed E-state index contributed by atoms with van der Waals surface area (Å²) in [7, 11) is 0. The van der Waals surface area contributed by atoms with Gasteiger partial charge in [0, 0.05) is 19.3 Å². The summed E-state index contributed by atoms with van der Waals surface area (Å²) in [6.45, 7) is 4.67. The number of nitrogens with one attached hydrogen (secondary N) is 2. The van der Waals surface area contributed by atoms with Gasteiger partial charge in [0.25, 0.3) is 5.91 Å². The topological polar surface area (TPSA) is 72.5 Å². The van der Waals surface area contributed by atoms with Gasteiger partial charge < -0.3 is 20.1 Å². The minimum absolute atomic E-state index is 0.145. The number of morpholine rings is 1. The zero-order valence-electron chi connectivity index (χ0n) is 13.4. The molecule has 1 aromatic heterocycles. The predicted octanol–water partition coefficient (Wildman–Crippen LogP) is 1.36. The number of nitrogens with zero attached hydrogens (tertiary/aromatic N) is 1. The fraction of sp³-hybridized carbons (Fsp3) is 0.600. The summed E-state index contributed by atoms with van der Waals surface area (Å²) in [5.41, 5.74) is -1.78. The molecule has 0 aliphatic carbocycles. The first-order valence-electron chi connectivity index (χ1n) is 7.47. The smallest absolute Gasteiger partial charge is 0.420 e. The number of carbonyl (C=O) groups excluding carboxylic acids is 1. The van der Waals surface area contributed by atoms with E-state index in [1.807, 2.05) is 0 Å². The van der Waals surface area contributed by atoms with E-state index < -0.39 is 23.4 Å². The molecule has 1 aromatic rings. The molecule has 1 aliphatic rings. The van der Waals surface area contributed by atoms with E-state index in [1.165, 1.54) is 0 Å². The van der Waals surface area contributed by atoms with Gasteiger partial charge in [-0.15, -0.1) is 0 Å². The molecule has 134 valence electrons. The highest BCUT2D eigenvalue weighted by atomic mass is 19.4. The maximum absolute atomic E-state index is 12.9. The number of halogens is 3. The molecule has 0 unspecified atom stereocenters. The number of alkyl halides is 3. The van der Waals surface area contributed by atoms with Gasteiger partial charge in [0.2, 0.25) is 0 Å². The van der Waals surface area contributed by atoms with Crippen LogP contribution in [0.3, 0.4) is 0 Å². The Bertz CT molecular complexity index is 573. The van der Waals surface area contributed by atoms with Crippen LogP contribution in [0.25, 0.3) is 0 Å². The Morgan fingerprint density at radius 3 is 2.88 bits per heavy atom. The largest absolute Gasteiger partial charge is 0.489 e. The maximum Gasteiger partial charge on any atom is 0.420 e. The van der Waals surface area contributed by atoms with Crippen molar-refractivity contribution in [2.75, 3.05) is 26.3 Å². The Morgan fingerprint density at radius 2 is 2.25 bits per heavy atom. The first-order chi connectivity index (χ1) is 11.2. The lowest BCUT2D eigenvalue weighted by molar-refractivity contribution is -0.140. The zero-order chi connectivity index (χ0) is 17.8. The van der Waals surface area contributed by atoms with Gasteiger partial charge in [-0.25, -0.2) is 0 Å².